The van der Waals surface area contributed by atoms with E-state index >= 15 is 0 Å². The van der Waals surface area contributed by atoms with E-state index in [1.165, 1.54) is 32.1 Å². The average Bonchev–Trinajstić information content (AvgIpc) is 2.21. The van der Waals surface area contributed by atoms with Crippen LogP contribution in [0.3, 0.4) is 0 Å². The van der Waals surface area contributed by atoms with Crippen molar-refractivity contribution in [2.45, 2.75) is 73.6 Å². The topological polar surface area (TPSA) is 0 Å². The maximum atomic E-state index is 2.46. The molecular formula is C14H30. The molecule has 0 heteroatoms. The van der Waals surface area contributed by atoms with Crippen LogP contribution >= 0.6 is 0 Å². The van der Waals surface area contributed by atoms with E-state index in [0.717, 1.165) is 11.8 Å². The fourth-order valence-electron chi connectivity index (χ4n) is 2.36. The predicted octanol–water partition coefficient (Wildman–Crippen LogP) is 5.28. The van der Waals surface area contributed by atoms with Gasteiger partial charge in [0.2, 0.25) is 0 Å². The fourth-order valence-corrected chi connectivity index (χ4v) is 2.36. The van der Waals surface area contributed by atoms with Crippen molar-refractivity contribution < 1.29 is 0 Å². The average molecular weight is 198 g/mol. The third-order valence-electron chi connectivity index (χ3n) is 4.03. The normalized spacial score (nSPS) is 32.4. The molecule has 1 rings (SSSR count). The highest BCUT2D eigenvalue weighted by Crippen LogP contribution is 2.42. The summed E-state index contributed by atoms with van der Waals surface area (Å²) in [4.78, 5) is 0. The molecule has 14 heavy (non-hydrogen) atoms. The predicted molar refractivity (Wildman–Crippen MR) is 66.5 cm³/mol. The van der Waals surface area contributed by atoms with Gasteiger partial charge in [0, 0.05) is 0 Å². The van der Waals surface area contributed by atoms with Crippen LogP contribution in [0.4, 0.5) is 0 Å². The summed E-state index contributed by atoms with van der Waals surface area (Å²) < 4.78 is 0. The van der Waals surface area contributed by atoms with Crippen molar-refractivity contribution in [1.29, 1.82) is 0 Å². The molecular weight excluding hydrogens is 168 g/mol. The zero-order valence-corrected chi connectivity index (χ0v) is 11.2. The first-order valence-electron chi connectivity index (χ1n) is 6.57. The molecule has 86 valence electrons. The van der Waals surface area contributed by atoms with Crippen molar-refractivity contribution in [1.82, 2.24) is 0 Å². The zero-order chi connectivity index (χ0) is 11.2. The van der Waals surface area contributed by atoms with Gasteiger partial charge in [-0.05, 0) is 42.9 Å². The van der Waals surface area contributed by atoms with Crippen molar-refractivity contribution in [3.05, 3.63) is 0 Å². The van der Waals surface area contributed by atoms with Crippen LogP contribution in [0.1, 0.15) is 73.6 Å². The quantitative estimate of drug-likeness (QED) is 0.566. The molecule has 1 saturated carbocycles. The van der Waals surface area contributed by atoms with Gasteiger partial charge in [-0.2, -0.15) is 0 Å². The van der Waals surface area contributed by atoms with Gasteiger partial charge in [-0.25, -0.2) is 0 Å². The van der Waals surface area contributed by atoms with Gasteiger partial charge >= 0.3 is 0 Å². The molecule has 0 unspecified atom stereocenters. The molecule has 0 amide bonds. The molecule has 1 fully saturated rings. The Kier molecular flexibility index (Phi) is 6.48. The van der Waals surface area contributed by atoms with Gasteiger partial charge in [0.05, 0.1) is 0 Å². The van der Waals surface area contributed by atoms with Crippen LogP contribution < -0.4 is 0 Å². The Morgan fingerprint density at radius 2 is 1.57 bits per heavy atom. The molecule has 1 aliphatic rings. The molecule has 0 saturated heterocycles. The van der Waals surface area contributed by atoms with E-state index in [4.69, 9.17) is 0 Å². The second kappa shape index (κ2) is 6.48. The van der Waals surface area contributed by atoms with Crippen LogP contribution in [-0.2, 0) is 0 Å². The van der Waals surface area contributed by atoms with Crippen LogP contribution in [0.2, 0.25) is 0 Å². The largest absolute Gasteiger partial charge is 0.0683 e. The first-order valence-corrected chi connectivity index (χ1v) is 6.57. The molecule has 0 aromatic rings. The van der Waals surface area contributed by atoms with E-state index in [1.54, 1.807) is 0 Å². The molecule has 0 nitrogen and oxygen atoms in total. The highest BCUT2D eigenvalue weighted by Gasteiger charge is 2.30. The summed E-state index contributed by atoms with van der Waals surface area (Å²) in [6.07, 6.45) is 7.25. The third kappa shape index (κ3) is 4.02. The molecule has 0 aromatic heterocycles. The molecule has 0 radical (unpaired) electrons. The van der Waals surface area contributed by atoms with Crippen LogP contribution in [0, 0.1) is 17.3 Å². The Bertz CT molecular complexity index is 127. The SMILES string of the molecule is CC.CCC1(C)CCC(C(C)C)CC1. The minimum Gasteiger partial charge on any atom is -0.0683 e. The van der Waals surface area contributed by atoms with Crippen molar-refractivity contribution in [3.8, 4) is 0 Å². The number of rotatable bonds is 2. The molecule has 0 N–H and O–H groups in total. The highest BCUT2D eigenvalue weighted by atomic mass is 14.4. The molecule has 1 aliphatic carbocycles. The minimum atomic E-state index is 0.686. The van der Waals surface area contributed by atoms with Crippen molar-refractivity contribution >= 4 is 0 Å². The van der Waals surface area contributed by atoms with E-state index in [0.29, 0.717) is 5.41 Å². The van der Waals surface area contributed by atoms with Gasteiger partial charge in [-0.3, -0.25) is 0 Å². The summed E-state index contributed by atoms with van der Waals surface area (Å²) in [5.41, 5.74) is 0.686. The van der Waals surface area contributed by atoms with Crippen molar-refractivity contribution in [2.75, 3.05) is 0 Å². The highest BCUT2D eigenvalue weighted by molar-refractivity contribution is 4.81. The summed E-state index contributed by atoms with van der Waals surface area (Å²) in [5, 5.41) is 0. The summed E-state index contributed by atoms with van der Waals surface area (Å²) in [7, 11) is 0. The van der Waals surface area contributed by atoms with E-state index in [-0.39, 0.29) is 0 Å². The second-order valence-corrected chi connectivity index (χ2v) is 5.25. The van der Waals surface area contributed by atoms with Crippen LogP contribution in [0.5, 0.6) is 0 Å². The molecule has 0 atom stereocenters. The number of hydrogen-bond donors (Lipinski definition) is 0. The van der Waals surface area contributed by atoms with Gasteiger partial charge in [-0.15, -0.1) is 0 Å². The molecule has 0 bridgehead atoms. The second-order valence-electron chi connectivity index (χ2n) is 5.25. The van der Waals surface area contributed by atoms with Gasteiger partial charge in [0.1, 0.15) is 0 Å². The zero-order valence-electron chi connectivity index (χ0n) is 11.2. The van der Waals surface area contributed by atoms with E-state index in [9.17, 15) is 0 Å². The molecule has 0 heterocycles. The molecule has 0 spiro atoms. The van der Waals surface area contributed by atoms with E-state index in [2.05, 4.69) is 27.7 Å². The molecule has 0 aromatic carbocycles. The van der Waals surface area contributed by atoms with Crippen LogP contribution in [0.15, 0.2) is 0 Å². The number of hydrogen-bond acceptors (Lipinski definition) is 0. The van der Waals surface area contributed by atoms with Gasteiger partial charge in [0.25, 0.3) is 0 Å². The summed E-state index contributed by atoms with van der Waals surface area (Å²) in [5.74, 6) is 1.93. The van der Waals surface area contributed by atoms with Gasteiger partial charge < -0.3 is 0 Å². The Hall–Kier alpha value is 0. The first-order chi connectivity index (χ1) is 6.57. The monoisotopic (exact) mass is 198 g/mol. The minimum absolute atomic E-state index is 0.686. The smallest absolute Gasteiger partial charge is 0.0328 e. The fraction of sp³-hybridized carbons (Fsp3) is 1.00. The van der Waals surface area contributed by atoms with Crippen LogP contribution in [-0.4, -0.2) is 0 Å². The lowest BCUT2D eigenvalue weighted by Crippen LogP contribution is -2.25. The van der Waals surface area contributed by atoms with Crippen LogP contribution in [0.25, 0.3) is 0 Å². The maximum Gasteiger partial charge on any atom is -0.0328 e. The standard InChI is InChI=1S/C12H24.C2H6/c1-5-12(4)8-6-11(7-9-12)10(2)3;1-2/h10-11H,5-9H2,1-4H3;1-2H3. The van der Waals surface area contributed by atoms with E-state index < -0.39 is 0 Å². The lowest BCUT2D eigenvalue weighted by molar-refractivity contribution is 0.139. The Balaban J connectivity index is 0.000000791. The Morgan fingerprint density at radius 1 is 1.14 bits per heavy atom. The summed E-state index contributed by atoms with van der Waals surface area (Å²) in [6.45, 7) is 13.6. The summed E-state index contributed by atoms with van der Waals surface area (Å²) >= 11 is 0. The molecule has 0 aliphatic heterocycles. The van der Waals surface area contributed by atoms with Gasteiger partial charge in [0.15, 0.2) is 0 Å². The summed E-state index contributed by atoms with van der Waals surface area (Å²) in [6, 6.07) is 0. The van der Waals surface area contributed by atoms with Crippen molar-refractivity contribution in [3.63, 3.8) is 0 Å². The Labute approximate surface area is 91.5 Å². The first kappa shape index (κ1) is 14.0. The maximum absolute atomic E-state index is 2.46. The third-order valence-corrected chi connectivity index (χ3v) is 4.03. The van der Waals surface area contributed by atoms with E-state index in [1.807, 2.05) is 13.8 Å². The lowest BCUT2D eigenvalue weighted by Gasteiger charge is -2.38. The lowest BCUT2D eigenvalue weighted by atomic mass is 9.68. The Morgan fingerprint density at radius 3 is 1.86 bits per heavy atom. The van der Waals surface area contributed by atoms with Crippen molar-refractivity contribution in [2.24, 2.45) is 17.3 Å². The van der Waals surface area contributed by atoms with Gasteiger partial charge in [-0.1, -0.05) is 48.0 Å².